The molecule has 1 radical (unpaired) electrons. The summed E-state index contributed by atoms with van der Waals surface area (Å²) >= 11 is -11.2. The average molecular weight is 268 g/mol. The van der Waals surface area contributed by atoms with Crippen LogP contribution in [0.15, 0.2) is 0 Å². The first-order valence-corrected chi connectivity index (χ1v) is 6.97. The molecule has 0 amide bonds. The van der Waals surface area contributed by atoms with Gasteiger partial charge in [0, 0.05) is 0 Å². The van der Waals surface area contributed by atoms with Gasteiger partial charge in [-0.2, -0.15) is 0 Å². The van der Waals surface area contributed by atoms with Crippen LogP contribution in [0.25, 0.3) is 0 Å². The van der Waals surface area contributed by atoms with Crippen molar-refractivity contribution in [1.29, 1.82) is 0 Å². The van der Waals surface area contributed by atoms with Gasteiger partial charge in [0.15, 0.2) is 0 Å². The molecule has 0 aromatic rings. The van der Waals surface area contributed by atoms with Gasteiger partial charge in [-0.1, -0.05) is 0 Å². The summed E-state index contributed by atoms with van der Waals surface area (Å²) in [6.45, 7) is 0. The summed E-state index contributed by atoms with van der Waals surface area (Å²) in [6.07, 6.45) is 0. The van der Waals surface area contributed by atoms with E-state index in [1.165, 1.54) is 0 Å². The van der Waals surface area contributed by atoms with Gasteiger partial charge in [0.25, 0.3) is 0 Å². The van der Waals surface area contributed by atoms with Crippen molar-refractivity contribution in [3.05, 3.63) is 9.93 Å². The Hall–Kier alpha value is -0.00182. The van der Waals surface area contributed by atoms with Crippen LogP contribution in [0.5, 0.6) is 0 Å². The molecule has 0 atom stereocenters. The molecule has 0 aliphatic rings. The molecule has 0 aromatic carbocycles. The van der Waals surface area contributed by atoms with E-state index >= 15 is 0 Å². The minimum absolute atomic E-state index is 7.00. The van der Waals surface area contributed by atoms with E-state index in [0.717, 1.165) is 0 Å². The number of rotatable bonds is 0. The first kappa shape index (κ1) is 11.8. The van der Waals surface area contributed by atoms with Gasteiger partial charge in [0.2, 0.25) is 0 Å². The molecule has 0 saturated heterocycles. The van der Waals surface area contributed by atoms with Crippen LogP contribution < -0.4 is 0 Å². The molecule has 59 valence electrons. The summed E-state index contributed by atoms with van der Waals surface area (Å²) in [6, 6.07) is 0. The van der Waals surface area contributed by atoms with Crippen molar-refractivity contribution in [2.75, 3.05) is 0 Å². The fourth-order valence-electron chi connectivity index (χ4n) is 0. The van der Waals surface area contributed by atoms with Crippen LogP contribution in [0.3, 0.4) is 0 Å². The summed E-state index contributed by atoms with van der Waals surface area (Å²) in [5.41, 5.74) is 0. The summed E-state index contributed by atoms with van der Waals surface area (Å²) < 4.78 is 59.6. The zero-order chi connectivity index (χ0) is 8.41. The number of hydrogen-bond donors (Lipinski definition) is 0. The third-order valence-corrected chi connectivity index (χ3v) is 0. The van der Waals surface area contributed by atoms with Crippen LogP contribution in [0.4, 0.5) is 16.9 Å². The minimum atomic E-state index is -11.2. The fourth-order valence-corrected chi connectivity index (χ4v) is 0. The molecular weight excluding hydrogens is 268 g/mol. The summed E-state index contributed by atoms with van der Waals surface area (Å²) in [5.74, 6) is 0. The Morgan fingerprint density at radius 2 is 0.778 bits per heavy atom. The zero-order valence-electron chi connectivity index (χ0n) is 3.53. The van der Waals surface area contributed by atoms with Crippen molar-refractivity contribution in [2.45, 2.75) is 0 Å². The predicted molar refractivity (Wildman–Crippen MR) is 19.1 cm³/mol. The second-order valence-electron chi connectivity index (χ2n) is 0.958. The topological polar surface area (TPSA) is 37.0 Å². The van der Waals surface area contributed by atoms with E-state index in [1.807, 2.05) is 0 Å². The zero-order valence-corrected chi connectivity index (χ0v) is 6.08. The number of halogens is 6. The third-order valence-electron chi connectivity index (χ3n) is 0. The Bertz CT molecular complexity index is 80.4. The molecule has 0 bridgehead atoms. The van der Waals surface area contributed by atoms with Gasteiger partial charge < -0.3 is 0 Å². The molecule has 0 aliphatic carbocycles. The van der Waals surface area contributed by atoms with Crippen molar-refractivity contribution >= 4 is 19.5 Å². The van der Waals surface area contributed by atoms with Crippen molar-refractivity contribution < 1.29 is 16.9 Å². The molecule has 0 spiro atoms. The van der Waals surface area contributed by atoms with Crippen LogP contribution in [0.1, 0.15) is 0 Å². The van der Waals surface area contributed by atoms with Gasteiger partial charge in [-0.05, 0) is 0 Å². The predicted octanol–water partition coefficient (Wildman–Crippen LogP) is 2.21. The number of hydrogen-bond acceptors (Lipinski definition) is 2. The van der Waals surface area contributed by atoms with Crippen LogP contribution in [0.2, 0.25) is 0 Å². The van der Waals surface area contributed by atoms with E-state index in [4.69, 9.17) is 9.93 Å². The summed E-state index contributed by atoms with van der Waals surface area (Å²) in [5, 5.41) is 0. The van der Waals surface area contributed by atoms with Crippen molar-refractivity contribution in [3.63, 3.8) is 0 Å². The fraction of sp³-hybridized carbons (Fsp3) is 0. The van der Waals surface area contributed by atoms with Crippen LogP contribution in [0, 0.1) is 9.93 Å². The standard InChI is InChI=1S/6FH.O2.Sb/c;;;;;;1-2;/h6*1H;;/q;;;;;;+1;+5/p-6. The molecule has 0 aromatic heterocycles. The van der Waals surface area contributed by atoms with E-state index in [0.29, 0.717) is 0 Å². The molecule has 9 heteroatoms. The molecule has 9 heavy (non-hydrogen) atoms. The van der Waals surface area contributed by atoms with Crippen molar-refractivity contribution in [3.8, 4) is 0 Å². The summed E-state index contributed by atoms with van der Waals surface area (Å²) in [4.78, 5) is 14.0. The van der Waals surface area contributed by atoms with Crippen LogP contribution >= 0.6 is 0 Å². The summed E-state index contributed by atoms with van der Waals surface area (Å²) in [7, 11) is 0. The Balaban J connectivity index is 0. The van der Waals surface area contributed by atoms with Gasteiger partial charge in [0.1, 0.15) is 0 Å². The monoisotopic (exact) mass is 267 g/mol. The molecule has 0 N–H and O–H groups in total. The van der Waals surface area contributed by atoms with Crippen LogP contribution in [-0.2, 0) is 0 Å². The van der Waals surface area contributed by atoms with Gasteiger partial charge in [0.05, 0.1) is 0 Å². The molecule has 0 saturated carbocycles. The van der Waals surface area contributed by atoms with E-state index < -0.39 is 19.5 Å². The molecular formula is F6O2Sb. The van der Waals surface area contributed by atoms with Gasteiger partial charge >= 0.3 is 46.3 Å². The Kier molecular flexibility index (Phi) is 2.27. The Morgan fingerprint density at radius 3 is 0.778 bits per heavy atom. The molecule has 0 fully saturated rings. The molecule has 0 heterocycles. The maximum absolute atomic E-state index is 11.2. The van der Waals surface area contributed by atoms with E-state index in [-0.39, 0.29) is 0 Å². The third kappa shape index (κ3) is 87000000. The van der Waals surface area contributed by atoms with Crippen molar-refractivity contribution in [1.82, 2.24) is 0 Å². The average Bonchev–Trinajstić information content (AvgIpc) is 1.30. The molecule has 0 unspecified atom stereocenters. The van der Waals surface area contributed by atoms with E-state index in [2.05, 4.69) is 0 Å². The Morgan fingerprint density at radius 1 is 0.778 bits per heavy atom. The molecule has 0 aliphatic heterocycles. The van der Waals surface area contributed by atoms with Gasteiger partial charge in [-0.3, -0.25) is 0 Å². The second kappa shape index (κ2) is 1.74. The van der Waals surface area contributed by atoms with Crippen LogP contribution in [-0.4, -0.2) is 19.5 Å². The van der Waals surface area contributed by atoms with E-state index in [9.17, 15) is 16.9 Å². The van der Waals surface area contributed by atoms with E-state index in [1.54, 1.807) is 0 Å². The first-order chi connectivity index (χ1) is 3.45. The first-order valence-electron chi connectivity index (χ1n) is 1.18. The SMILES string of the molecule is O=[O+].[F][Sb-]([F])([F])([F])([F])[F]. The van der Waals surface area contributed by atoms with Gasteiger partial charge in [-0.15, -0.1) is 0 Å². The maximum atomic E-state index is 9.93. The molecule has 2 nitrogen and oxygen atoms in total. The van der Waals surface area contributed by atoms with Crippen molar-refractivity contribution in [2.24, 2.45) is 0 Å². The Labute approximate surface area is 46.9 Å². The second-order valence-corrected chi connectivity index (χ2v) is 6.43. The quantitative estimate of drug-likeness (QED) is 0.383. The molecule has 0 rings (SSSR count). The normalized spacial score (nSPS) is 18.4. The van der Waals surface area contributed by atoms with Gasteiger partial charge in [-0.25, -0.2) is 0 Å².